The molecule has 0 atom stereocenters. The Bertz CT molecular complexity index is 575. The molecule has 27 heavy (non-hydrogen) atoms. The van der Waals surface area contributed by atoms with Crippen molar-refractivity contribution in [2.45, 2.75) is 59.4 Å². The third-order valence-electron chi connectivity index (χ3n) is 5.50. The number of aromatic nitrogens is 2. The quantitative estimate of drug-likeness (QED) is 0.255. The number of hydrogen-bond donors (Lipinski definition) is 2. The van der Waals surface area contributed by atoms with Gasteiger partial charge in [0.2, 0.25) is 0 Å². The maximum Gasteiger partial charge on any atom is 0.191 e. The van der Waals surface area contributed by atoms with Crippen molar-refractivity contribution in [1.82, 2.24) is 25.3 Å². The van der Waals surface area contributed by atoms with Gasteiger partial charge in [-0.2, -0.15) is 5.10 Å². The molecule has 7 heteroatoms. The Morgan fingerprint density at radius 3 is 2.48 bits per heavy atom. The SMILES string of the molecule is CCc1nn(C)c(CC)c1CNC(=NC)NCCCN1CCC(C)CC1.I. The van der Waals surface area contributed by atoms with Gasteiger partial charge in [-0.15, -0.1) is 24.0 Å². The molecule has 1 aliphatic heterocycles. The van der Waals surface area contributed by atoms with Gasteiger partial charge in [-0.3, -0.25) is 9.67 Å². The van der Waals surface area contributed by atoms with Gasteiger partial charge < -0.3 is 15.5 Å². The lowest BCUT2D eigenvalue weighted by Crippen LogP contribution is -2.39. The van der Waals surface area contributed by atoms with E-state index in [0.717, 1.165) is 44.2 Å². The number of halogens is 1. The van der Waals surface area contributed by atoms with Crippen LogP contribution in [0.15, 0.2) is 4.99 Å². The summed E-state index contributed by atoms with van der Waals surface area (Å²) in [6, 6.07) is 0. The summed E-state index contributed by atoms with van der Waals surface area (Å²) >= 11 is 0. The number of aryl methyl sites for hydroxylation is 2. The van der Waals surface area contributed by atoms with Crippen LogP contribution < -0.4 is 10.6 Å². The van der Waals surface area contributed by atoms with Gasteiger partial charge in [0.05, 0.1) is 5.69 Å². The number of piperidine rings is 1. The first-order chi connectivity index (χ1) is 12.6. The number of nitrogens with zero attached hydrogens (tertiary/aromatic N) is 4. The number of aliphatic imine (C=N–C) groups is 1. The molecule has 1 saturated heterocycles. The van der Waals surface area contributed by atoms with E-state index >= 15 is 0 Å². The topological polar surface area (TPSA) is 57.5 Å². The van der Waals surface area contributed by atoms with Gasteiger partial charge in [-0.25, -0.2) is 0 Å². The van der Waals surface area contributed by atoms with Crippen LogP contribution in [0.4, 0.5) is 0 Å². The van der Waals surface area contributed by atoms with Crippen molar-refractivity contribution in [3.8, 4) is 0 Å². The highest BCUT2D eigenvalue weighted by Crippen LogP contribution is 2.16. The van der Waals surface area contributed by atoms with Crippen molar-refractivity contribution < 1.29 is 0 Å². The first-order valence-electron chi connectivity index (χ1n) is 10.3. The molecule has 6 nitrogen and oxygen atoms in total. The lowest BCUT2D eigenvalue weighted by molar-refractivity contribution is 0.191. The summed E-state index contributed by atoms with van der Waals surface area (Å²) in [5.41, 5.74) is 3.82. The molecule has 156 valence electrons. The first kappa shape index (κ1) is 24.2. The Hall–Kier alpha value is -0.830. The Morgan fingerprint density at radius 2 is 1.89 bits per heavy atom. The van der Waals surface area contributed by atoms with Crippen molar-refractivity contribution in [1.29, 1.82) is 0 Å². The molecule has 1 aromatic heterocycles. The Morgan fingerprint density at radius 1 is 1.19 bits per heavy atom. The molecular formula is C20H39IN6. The van der Waals surface area contributed by atoms with E-state index in [1.54, 1.807) is 0 Å². The second-order valence-electron chi connectivity index (χ2n) is 7.43. The van der Waals surface area contributed by atoms with Gasteiger partial charge >= 0.3 is 0 Å². The lowest BCUT2D eigenvalue weighted by Gasteiger charge is -2.30. The fourth-order valence-electron chi connectivity index (χ4n) is 3.78. The first-order valence-corrected chi connectivity index (χ1v) is 10.3. The average molecular weight is 490 g/mol. The van der Waals surface area contributed by atoms with Crippen LogP contribution in [0.25, 0.3) is 0 Å². The molecule has 2 heterocycles. The lowest BCUT2D eigenvalue weighted by atomic mass is 9.99. The van der Waals surface area contributed by atoms with E-state index in [1.165, 1.54) is 49.4 Å². The molecule has 0 radical (unpaired) electrons. The minimum atomic E-state index is 0. The van der Waals surface area contributed by atoms with Gasteiger partial charge in [-0.1, -0.05) is 20.8 Å². The van der Waals surface area contributed by atoms with Crippen LogP contribution in [0, 0.1) is 5.92 Å². The van der Waals surface area contributed by atoms with Crippen LogP contribution in [-0.2, 0) is 26.4 Å². The number of rotatable bonds is 8. The number of nitrogens with one attached hydrogen (secondary N) is 2. The molecular weight excluding hydrogens is 451 g/mol. The Kier molecular flexibility index (Phi) is 11.3. The van der Waals surface area contributed by atoms with E-state index in [1.807, 2.05) is 18.8 Å². The van der Waals surface area contributed by atoms with Crippen molar-refractivity contribution >= 4 is 29.9 Å². The smallest absolute Gasteiger partial charge is 0.191 e. The highest BCUT2D eigenvalue weighted by molar-refractivity contribution is 14.0. The van der Waals surface area contributed by atoms with E-state index in [4.69, 9.17) is 0 Å². The molecule has 0 amide bonds. The molecule has 1 fully saturated rings. The highest BCUT2D eigenvalue weighted by Gasteiger charge is 2.15. The van der Waals surface area contributed by atoms with Crippen molar-refractivity contribution in [2.75, 3.05) is 33.2 Å². The second kappa shape index (κ2) is 12.6. The van der Waals surface area contributed by atoms with Gasteiger partial charge in [-0.05, 0) is 57.7 Å². The Balaban J connectivity index is 0.00000364. The predicted octanol–water partition coefficient (Wildman–Crippen LogP) is 2.95. The minimum absolute atomic E-state index is 0. The number of hydrogen-bond acceptors (Lipinski definition) is 3. The summed E-state index contributed by atoms with van der Waals surface area (Å²) in [4.78, 5) is 6.96. The molecule has 2 rings (SSSR count). The molecule has 0 spiro atoms. The van der Waals surface area contributed by atoms with Crippen molar-refractivity contribution in [2.24, 2.45) is 18.0 Å². The predicted molar refractivity (Wildman–Crippen MR) is 125 cm³/mol. The normalized spacial score (nSPS) is 16.3. The molecule has 0 bridgehead atoms. The zero-order valence-electron chi connectivity index (χ0n) is 17.8. The zero-order valence-corrected chi connectivity index (χ0v) is 20.2. The molecule has 0 aromatic carbocycles. The zero-order chi connectivity index (χ0) is 18.9. The summed E-state index contributed by atoms with van der Waals surface area (Å²) in [6.45, 7) is 12.2. The van der Waals surface area contributed by atoms with Crippen LogP contribution in [0.5, 0.6) is 0 Å². The average Bonchev–Trinajstić information content (AvgIpc) is 2.97. The molecule has 2 N–H and O–H groups in total. The van der Waals surface area contributed by atoms with E-state index in [9.17, 15) is 0 Å². The summed E-state index contributed by atoms with van der Waals surface area (Å²) < 4.78 is 2.02. The van der Waals surface area contributed by atoms with E-state index < -0.39 is 0 Å². The van der Waals surface area contributed by atoms with Gasteiger partial charge in [0.25, 0.3) is 0 Å². The van der Waals surface area contributed by atoms with Gasteiger partial charge in [0.15, 0.2) is 5.96 Å². The summed E-state index contributed by atoms with van der Waals surface area (Å²) in [5, 5.41) is 11.6. The standard InChI is InChI=1S/C20H38N6.HI/c1-6-18-17(19(7-2)25(5)24-18)15-23-20(21-4)22-11-8-12-26-13-9-16(3)10-14-26;/h16H,6-15H2,1-5H3,(H2,21,22,23);1H. The molecule has 0 aliphatic carbocycles. The number of guanidine groups is 1. The summed E-state index contributed by atoms with van der Waals surface area (Å²) in [5.74, 6) is 1.78. The molecule has 0 unspecified atom stereocenters. The number of likely N-dealkylation sites (tertiary alicyclic amines) is 1. The van der Waals surface area contributed by atoms with Crippen molar-refractivity contribution in [3.63, 3.8) is 0 Å². The fraction of sp³-hybridized carbons (Fsp3) is 0.800. The van der Waals surface area contributed by atoms with Gasteiger partial charge in [0.1, 0.15) is 0 Å². The summed E-state index contributed by atoms with van der Waals surface area (Å²) in [7, 11) is 3.88. The third kappa shape index (κ3) is 7.25. The maximum atomic E-state index is 4.65. The van der Waals surface area contributed by atoms with Crippen LogP contribution in [0.3, 0.4) is 0 Å². The largest absolute Gasteiger partial charge is 0.356 e. The minimum Gasteiger partial charge on any atom is -0.356 e. The Labute approximate surface area is 182 Å². The van der Waals surface area contributed by atoms with E-state index in [0.29, 0.717) is 0 Å². The van der Waals surface area contributed by atoms with Crippen LogP contribution in [0.1, 0.15) is 57.0 Å². The van der Waals surface area contributed by atoms with Crippen molar-refractivity contribution in [3.05, 3.63) is 17.0 Å². The monoisotopic (exact) mass is 490 g/mol. The maximum absolute atomic E-state index is 4.65. The van der Waals surface area contributed by atoms with Gasteiger partial charge in [0, 0.05) is 38.4 Å². The summed E-state index contributed by atoms with van der Waals surface area (Å²) in [6.07, 6.45) is 5.82. The highest BCUT2D eigenvalue weighted by atomic mass is 127. The van der Waals surface area contributed by atoms with E-state index in [2.05, 4.69) is 46.4 Å². The molecule has 1 aliphatic rings. The van der Waals surface area contributed by atoms with Crippen LogP contribution in [-0.4, -0.2) is 53.9 Å². The van der Waals surface area contributed by atoms with Crippen LogP contribution >= 0.6 is 24.0 Å². The second-order valence-corrected chi connectivity index (χ2v) is 7.43. The molecule has 0 saturated carbocycles. The van der Waals surface area contributed by atoms with Crippen LogP contribution in [0.2, 0.25) is 0 Å². The fourth-order valence-corrected chi connectivity index (χ4v) is 3.78. The van der Waals surface area contributed by atoms with E-state index in [-0.39, 0.29) is 24.0 Å². The third-order valence-corrected chi connectivity index (χ3v) is 5.50. The molecule has 1 aromatic rings.